The summed E-state index contributed by atoms with van der Waals surface area (Å²) in [5.41, 5.74) is 8.43. The number of halogens is 1. The average molecular weight is 708 g/mol. The number of hydrogen-bond acceptors (Lipinski definition) is 5. The number of nitrogens with one attached hydrogen (secondary N) is 2. The van der Waals surface area contributed by atoms with Gasteiger partial charge in [0, 0.05) is 40.6 Å². The topological polar surface area (TPSA) is 97.0 Å². The molecule has 2 aliphatic heterocycles. The molecule has 53 heavy (non-hydrogen) atoms. The number of benzene rings is 5. The molecule has 2 aliphatic rings. The van der Waals surface area contributed by atoms with Crippen LogP contribution in [0.5, 0.6) is 11.5 Å². The van der Waals surface area contributed by atoms with Crippen molar-refractivity contribution in [1.29, 1.82) is 0 Å². The van der Waals surface area contributed by atoms with Crippen LogP contribution in [0.4, 0.5) is 27.1 Å². The Kier molecular flexibility index (Phi) is 9.18. The molecule has 2 N–H and O–H groups in total. The third kappa shape index (κ3) is 6.35. The lowest BCUT2D eigenvalue weighted by Crippen LogP contribution is -2.20. The van der Waals surface area contributed by atoms with E-state index in [-0.39, 0.29) is 29.0 Å². The zero-order valence-corrected chi connectivity index (χ0v) is 30.3. The highest BCUT2D eigenvalue weighted by Gasteiger charge is 2.37. The number of aryl methyl sites for hydroxylation is 1. The molecule has 0 saturated carbocycles. The zero-order valence-electron chi connectivity index (χ0n) is 30.3. The van der Waals surface area contributed by atoms with Gasteiger partial charge in [-0.25, -0.2) is 4.39 Å². The van der Waals surface area contributed by atoms with Crippen LogP contribution >= 0.6 is 0 Å². The third-order valence-electron chi connectivity index (χ3n) is 9.58. The molecule has 0 spiro atoms. The Labute approximate surface area is 307 Å². The van der Waals surface area contributed by atoms with Crippen molar-refractivity contribution < 1.29 is 28.2 Å². The van der Waals surface area contributed by atoms with Crippen molar-refractivity contribution in [3.05, 3.63) is 130 Å². The van der Waals surface area contributed by atoms with E-state index in [0.29, 0.717) is 28.3 Å². The van der Waals surface area contributed by atoms with E-state index in [1.165, 1.54) is 17.9 Å². The van der Waals surface area contributed by atoms with Gasteiger partial charge in [-0.2, -0.15) is 0 Å². The monoisotopic (exact) mass is 707 g/mol. The Balaban J connectivity index is 1.36. The van der Waals surface area contributed by atoms with Gasteiger partial charge in [0.1, 0.15) is 17.3 Å². The second kappa shape index (κ2) is 13.9. The molecule has 5 aromatic rings. The van der Waals surface area contributed by atoms with Crippen LogP contribution in [0.2, 0.25) is 0 Å². The summed E-state index contributed by atoms with van der Waals surface area (Å²) in [5.74, 6) is -0.204. The van der Waals surface area contributed by atoms with E-state index >= 15 is 4.39 Å². The van der Waals surface area contributed by atoms with Crippen molar-refractivity contribution in [1.82, 2.24) is 0 Å². The Morgan fingerprint density at radius 3 is 2.36 bits per heavy atom. The van der Waals surface area contributed by atoms with E-state index in [0.717, 1.165) is 50.4 Å². The molecule has 0 atom stereocenters. The Morgan fingerprint density at radius 2 is 1.62 bits per heavy atom. The maximum atomic E-state index is 15.5. The number of anilines is 4. The van der Waals surface area contributed by atoms with Gasteiger partial charge in [0.15, 0.2) is 0 Å². The number of methoxy groups -OCH3 is 2. The predicted molar refractivity (Wildman–Crippen MR) is 209 cm³/mol. The lowest BCUT2D eigenvalue weighted by atomic mass is 9.94. The molecule has 8 nitrogen and oxygen atoms in total. The number of ether oxygens (including phenoxy) is 2. The van der Waals surface area contributed by atoms with Gasteiger partial charge >= 0.3 is 0 Å². The summed E-state index contributed by atoms with van der Waals surface area (Å²) in [7, 11) is 3.21. The first-order chi connectivity index (χ1) is 25.5. The van der Waals surface area contributed by atoms with Crippen LogP contribution in [0, 0.1) is 12.7 Å². The van der Waals surface area contributed by atoms with Crippen molar-refractivity contribution in [2.45, 2.75) is 33.6 Å². The summed E-state index contributed by atoms with van der Waals surface area (Å²) in [4.78, 5) is 41.4. The zero-order chi connectivity index (χ0) is 37.6. The van der Waals surface area contributed by atoms with Gasteiger partial charge in [-0.05, 0) is 107 Å². The number of nitrogens with zero attached hydrogens (tertiary/aromatic N) is 1. The minimum absolute atomic E-state index is 0.0663. The largest absolute Gasteiger partial charge is 0.496 e. The number of amides is 3. The molecule has 0 saturated heterocycles. The Bertz CT molecular complexity index is 2410. The smallest absolute Gasteiger partial charge is 0.263 e. The number of fused-ring (bicyclic) bond motifs is 2. The van der Waals surface area contributed by atoms with Crippen molar-refractivity contribution in [3.8, 4) is 22.6 Å². The fraction of sp³-hybridized carbons (Fsp3) is 0.159. The van der Waals surface area contributed by atoms with E-state index in [9.17, 15) is 14.4 Å². The summed E-state index contributed by atoms with van der Waals surface area (Å²) in [5, 5.41) is 5.55. The quantitative estimate of drug-likeness (QED) is 0.157. The Morgan fingerprint density at radius 1 is 0.849 bits per heavy atom. The van der Waals surface area contributed by atoms with Crippen LogP contribution in [-0.2, 0) is 14.4 Å². The minimum atomic E-state index is -0.656. The van der Waals surface area contributed by atoms with Crippen LogP contribution in [-0.4, -0.2) is 31.9 Å². The summed E-state index contributed by atoms with van der Waals surface area (Å²) in [6.07, 6.45) is 3.60. The molecule has 3 amide bonds. The average Bonchev–Trinajstić information content (AvgIpc) is 3.61. The molecule has 0 bridgehead atoms. The maximum absolute atomic E-state index is 15.5. The molecule has 0 aliphatic carbocycles. The van der Waals surface area contributed by atoms with Gasteiger partial charge in [0.05, 0.1) is 31.2 Å². The van der Waals surface area contributed by atoms with E-state index in [2.05, 4.69) is 24.5 Å². The number of para-hydroxylation sites is 1. The molecule has 0 aromatic heterocycles. The second-order valence-electron chi connectivity index (χ2n) is 13.4. The predicted octanol–water partition coefficient (Wildman–Crippen LogP) is 9.61. The normalized spacial score (nSPS) is 14.8. The Hall–Kier alpha value is -6.48. The molecule has 0 fully saturated rings. The van der Waals surface area contributed by atoms with E-state index < -0.39 is 11.7 Å². The van der Waals surface area contributed by atoms with E-state index in [4.69, 9.17) is 9.47 Å². The first kappa shape index (κ1) is 34.9. The van der Waals surface area contributed by atoms with Gasteiger partial charge in [-0.3, -0.25) is 19.3 Å². The van der Waals surface area contributed by atoms with Crippen LogP contribution < -0.4 is 25.0 Å². The van der Waals surface area contributed by atoms with Crippen molar-refractivity contribution >= 4 is 63.8 Å². The van der Waals surface area contributed by atoms with E-state index in [1.54, 1.807) is 26.4 Å². The number of carbonyl (C=O) groups is 3. The summed E-state index contributed by atoms with van der Waals surface area (Å²) >= 11 is 0. The van der Waals surface area contributed by atoms with Crippen molar-refractivity contribution in [2.24, 2.45) is 0 Å². The third-order valence-corrected chi connectivity index (χ3v) is 9.58. The van der Waals surface area contributed by atoms with Crippen molar-refractivity contribution in [3.63, 3.8) is 0 Å². The number of hydrogen-bond donors (Lipinski definition) is 2. The van der Waals surface area contributed by atoms with Crippen molar-refractivity contribution in [2.75, 3.05) is 29.8 Å². The molecule has 0 radical (unpaired) electrons. The van der Waals surface area contributed by atoms with Crippen LogP contribution in [0.1, 0.15) is 60.1 Å². The molecule has 2 heterocycles. The van der Waals surface area contributed by atoms with Crippen LogP contribution in [0.25, 0.3) is 34.4 Å². The van der Waals surface area contributed by atoms with Gasteiger partial charge in [0.2, 0.25) is 5.91 Å². The van der Waals surface area contributed by atoms with Gasteiger partial charge in [-0.15, -0.1) is 0 Å². The first-order valence-corrected chi connectivity index (χ1v) is 17.2. The molecular weight excluding hydrogens is 669 g/mol. The molecule has 5 aromatic carbocycles. The van der Waals surface area contributed by atoms with Gasteiger partial charge in [0.25, 0.3) is 11.8 Å². The second-order valence-corrected chi connectivity index (χ2v) is 13.4. The van der Waals surface area contributed by atoms with Gasteiger partial charge < -0.3 is 20.1 Å². The first-order valence-electron chi connectivity index (χ1n) is 17.2. The number of rotatable bonds is 8. The molecule has 0 unspecified atom stereocenters. The molecule has 9 heteroatoms. The molecule has 266 valence electrons. The fourth-order valence-corrected chi connectivity index (χ4v) is 7.01. The SMILES string of the molecule is COc1ccc(C=C2C(=O)Nc3ccccc32)cc1-c1cccc(N2C(=O)C(=Cc3cc(C(C)C)c(OC)cc3C)c3c2ccc(F)c3NC(C)=O)c1. The highest BCUT2D eigenvalue weighted by atomic mass is 19.1. The molecular formula is C44H38FN3O5. The highest BCUT2D eigenvalue weighted by Crippen LogP contribution is 2.48. The van der Waals surface area contributed by atoms with E-state index in [1.807, 2.05) is 91.9 Å². The summed E-state index contributed by atoms with van der Waals surface area (Å²) in [6, 6.07) is 27.4. The standard InChI is InChI=1S/C44H38FN3O5/c1-24(2)32-22-29(25(3)18-40(32)53-6)23-35-41-38(16-15-36(45)42(41)46-26(4)49)48(44(35)51)30-11-9-10-28(21-30)33-19-27(14-17-39(33)52-5)20-34-31-12-7-8-13-37(31)47-43(34)50/h7-24H,1-6H3,(H,46,49)(H,47,50). The minimum Gasteiger partial charge on any atom is -0.496 e. The van der Waals surface area contributed by atoms with Gasteiger partial charge in [-0.1, -0.05) is 50.2 Å². The summed E-state index contributed by atoms with van der Waals surface area (Å²) in [6.45, 7) is 7.35. The van der Waals surface area contributed by atoms with Crippen LogP contribution in [0.3, 0.4) is 0 Å². The molecule has 7 rings (SSSR count). The lowest BCUT2D eigenvalue weighted by molar-refractivity contribution is -0.114. The maximum Gasteiger partial charge on any atom is 0.263 e. The lowest BCUT2D eigenvalue weighted by Gasteiger charge is -2.19. The fourth-order valence-electron chi connectivity index (χ4n) is 7.01. The number of carbonyl (C=O) groups excluding carboxylic acids is 3. The van der Waals surface area contributed by atoms with Crippen LogP contribution in [0.15, 0.2) is 91.0 Å². The summed E-state index contributed by atoms with van der Waals surface area (Å²) < 4.78 is 27.0. The highest BCUT2D eigenvalue weighted by molar-refractivity contribution is 6.39.